The summed E-state index contributed by atoms with van der Waals surface area (Å²) >= 11 is 0. The summed E-state index contributed by atoms with van der Waals surface area (Å²) in [6, 6.07) is 8.95. The summed E-state index contributed by atoms with van der Waals surface area (Å²) in [5.41, 5.74) is -0.0950. The van der Waals surface area contributed by atoms with Gasteiger partial charge in [-0.2, -0.15) is 13.2 Å². The summed E-state index contributed by atoms with van der Waals surface area (Å²) in [5.74, 6) is -0.239. The van der Waals surface area contributed by atoms with Crippen LogP contribution in [0.3, 0.4) is 0 Å². The molecule has 33 heavy (non-hydrogen) atoms. The standard InChI is InChI=1S/C22H26F3N3O4S/c1-15(2)26-33(30,31)20-13-16(7-8-19(20)32-3)21(29)28-11-9-27(10-12-28)18-6-4-5-17(14-18)22(23,24)25/h4-8,13-15,26H,9-12H2,1-3H3. The molecule has 2 aromatic rings. The summed E-state index contributed by atoms with van der Waals surface area (Å²) in [7, 11) is -2.55. The number of hydrogen-bond acceptors (Lipinski definition) is 5. The Bertz CT molecular complexity index is 1110. The zero-order valence-electron chi connectivity index (χ0n) is 18.5. The Balaban J connectivity index is 1.75. The lowest BCUT2D eigenvalue weighted by Crippen LogP contribution is -2.48. The Morgan fingerprint density at radius 2 is 1.73 bits per heavy atom. The van der Waals surface area contributed by atoms with Gasteiger partial charge in [0.25, 0.3) is 5.91 Å². The molecule has 180 valence electrons. The van der Waals surface area contributed by atoms with E-state index >= 15 is 0 Å². The van der Waals surface area contributed by atoms with Crippen LogP contribution in [0.2, 0.25) is 0 Å². The molecular formula is C22H26F3N3O4S. The molecule has 1 amide bonds. The maximum Gasteiger partial charge on any atom is 0.416 e. The molecule has 11 heteroatoms. The molecule has 1 heterocycles. The third-order valence-corrected chi connectivity index (χ3v) is 6.88. The number of nitrogens with zero attached hydrogens (tertiary/aromatic N) is 2. The molecular weight excluding hydrogens is 459 g/mol. The molecule has 3 rings (SSSR count). The van der Waals surface area contributed by atoms with Gasteiger partial charge in [0.15, 0.2) is 0 Å². The van der Waals surface area contributed by atoms with E-state index in [1.807, 2.05) is 0 Å². The van der Waals surface area contributed by atoms with Crippen LogP contribution >= 0.6 is 0 Å². The topological polar surface area (TPSA) is 79.0 Å². The molecule has 0 spiro atoms. The van der Waals surface area contributed by atoms with Crippen molar-refractivity contribution < 1.29 is 31.1 Å². The van der Waals surface area contributed by atoms with Crippen LogP contribution in [0.15, 0.2) is 47.4 Å². The molecule has 0 saturated carbocycles. The van der Waals surface area contributed by atoms with Gasteiger partial charge in [-0.25, -0.2) is 13.1 Å². The largest absolute Gasteiger partial charge is 0.495 e. The highest BCUT2D eigenvalue weighted by Crippen LogP contribution is 2.32. The molecule has 1 fully saturated rings. The molecule has 0 bridgehead atoms. The Hall–Kier alpha value is -2.79. The number of methoxy groups -OCH3 is 1. The zero-order valence-corrected chi connectivity index (χ0v) is 19.3. The van der Waals surface area contributed by atoms with Crippen molar-refractivity contribution in [2.24, 2.45) is 0 Å². The van der Waals surface area contributed by atoms with Crippen molar-refractivity contribution in [2.45, 2.75) is 31.0 Å². The number of benzene rings is 2. The van der Waals surface area contributed by atoms with Gasteiger partial charge in [-0.05, 0) is 50.2 Å². The molecule has 0 aliphatic carbocycles. The molecule has 0 radical (unpaired) electrons. The SMILES string of the molecule is COc1ccc(C(=O)N2CCN(c3cccc(C(F)(F)F)c3)CC2)cc1S(=O)(=O)NC(C)C. The van der Waals surface area contributed by atoms with Crippen molar-refractivity contribution in [1.82, 2.24) is 9.62 Å². The van der Waals surface area contributed by atoms with Gasteiger partial charge in [0.2, 0.25) is 10.0 Å². The van der Waals surface area contributed by atoms with Crippen LogP contribution in [0, 0.1) is 0 Å². The van der Waals surface area contributed by atoms with E-state index in [2.05, 4.69) is 4.72 Å². The first-order valence-corrected chi connectivity index (χ1v) is 11.8. The summed E-state index contributed by atoms with van der Waals surface area (Å²) in [4.78, 5) is 16.2. The maximum atomic E-state index is 13.0. The number of hydrogen-bond donors (Lipinski definition) is 1. The van der Waals surface area contributed by atoms with Crippen LogP contribution in [0.1, 0.15) is 29.8 Å². The van der Waals surface area contributed by atoms with E-state index in [9.17, 15) is 26.4 Å². The number of sulfonamides is 1. The lowest BCUT2D eigenvalue weighted by molar-refractivity contribution is -0.137. The van der Waals surface area contributed by atoms with Crippen LogP contribution in [-0.4, -0.2) is 58.6 Å². The Morgan fingerprint density at radius 3 is 2.30 bits per heavy atom. The predicted octanol–water partition coefficient (Wildman–Crippen LogP) is 3.36. The molecule has 0 unspecified atom stereocenters. The fraction of sp³-hybridized carbons (Fsp3) is 0.409. The first kappa shape index (κ1) is 24.8. The average molecular weight is 486 g/mol. The molecule has 1 aliphatic rings. The van der Waals surface area contributed by atoms with Crippen molar-refractivity contribution in [3.8, 4) is 5.75 Å². The van der Waals surface area contributed by atoms with E-state index in [1.165, 1.54) is 31.4 Å². The summed E-state index contributed by atoms with van der Waals surface area (Å²) < 4.78 is 72.0. The highest BCUT2D eigenvalue weighted by molar-refractivity contribution is 7.89. The lowest BCUT2D eigenvalue weighted by Gasteiger charge is -2.36. The Morgan fingerprint density at radius 1 is 1.06 bits per heavy atom. The summed E-state index contributed by atoms with van der Waals surface area (Å²) in [6.07, 6.45) is -4.43. The minimum Gasteiger partial charge on any atom is -0.495 e. The number of piperazine rings is 1. The van der Waals surface area contributed by atoms with Crippen molar-refractivity contribution >= 4 is 21.6 Å². The minimum absolute atomic E-state index is 0.120. The number of ether oxygens (including phenoxy) is 1. The van der Waals surface area contributed by atoms with Crippen molar-refractivity contribution in [2.75, 3.05) is 38.2 Å². The summed E-state index contributed by atoms with van der Waals surface area (Å²) in [5, 5.41) is 0. The number of anilines is 1. The van der Waals surface area contributed by atoms with Crippen LogP contribution in [0.5, 0.6) is 5.75 Å². The third-order valence-electron chi connectivity index (χ3n) is 5.20. The minimum atomic E-state index is -4.43. The summed E-state index contributed by atoms with van der Waals surface area (Å²) in [6.45, 7) is 4.64. The van der Waals surface area contributed by atoms with E-state index in [0.29, 0.717) is 18.8 Å². The van der Waals surface area contributed by atoms with Crippen LogP contribution in [-0.2, 0) is 16.2 Å². The molecule has 0 aromatic heterocycles. The van der Waals surface area contributed by atoms with Crippen LogP contribution in [0.4, 0.5) is 18.9 Å². The predicted molar refractivity (Wildman–Crippen MR) is 118 cm³/mol. The van der Waals surface area contributed by atoms with Gasteiger partial charge in [0.05, 0.1) is 12.7 Å². The highest BCUT2D eigenvalue weighted by atomic mass is 32.2. The number of amides is 1. The van der Waals surface area contributed by atoms with E-state index in [0.717, 1.165) is 12.1 Å². The number of rotatable bonds is 6. The lowest BCUT2D eigenvalue weighted by atomic mass is 10.1. The average Bonchev–Trinajstić information content (AvgIpc) is 2.77. The molecule has 1 N–H and O–H groups in total. The fourth-order valence-electron chi connectivity index (χ4n) is 3.62. The van der Waals surface area contributed by atoms with Gasteiger partial charge in [-0.1, -0.05) is 6.07 Å². The van der Waals surface area contributed by atoms with Crippen molar-refractivity contribution in [3.63, 3.8) is 0 Å². The van der Waals surface area contributed by atoms with Gasteiger partial charge in [-0.3, -0.25) is 4.79 Å². The van der Waals surface area contributed by atoms with Gasteiger partial charge in [0, 0.05) is 43.5 Å². The zero-order chi connectivity index (χ0) is 24.4. The molecule has 2 aromatic carbocycles. The smallest absolute Gasteiger partial charge is 0.416 e. The first-order valence-electron chi connectivity index (χ1n) is 10.3. The second kappa shape index (κ2) is 9.60. The number of halogens is 3. The van der Waals surface area contributed by atoms with E-state index in [4.69, 9.17) is 4.74 Å². The van der Waals surface area contributed by atoms with E-state index in [-0.39, 0.29) is 41.2 Å². The maximum absolute atomic E-state index is 13.0. The van der Waals surface area contributed by atoms with Crippen molar-refractivity contribution in [3.05, 3.63) is 53.6 Å². The Kier molecular flexibility index (Phi) is 7.23. The fourth-order valence-corrected chi connectivity index (χ4v) is 5.07. The normalized spacial score (nSPS) is 15.1. The monoisotopic (exact) mass is 485 g/mol. The second-order valence-electron chi connectivity index (χ2n) is 7.97. The molecule has 7 nitrogen and oxygen atoms in total. The second-order valence-corrected chi connectivity index (χ2v) is 9.65. The quantitative estimate of drug-likeness (QED) is 0.679. The third kappa shape index (κ3) is 5.77. The number of carbonyl (C=O) groups excluding carboxylic acids is 1. The van der Waals surface area contributed by atoms with Gasteiger partial charge < -0.3 is 14.5 Å². The van der Waals surface area contributed by atoms with E-state index in [1.54, 1.807) is 29.7 Å². The molecule has 1 saturated heterocycles. The van der Waals surface area contributed by atoms with Crippen LogP contribution in [0.25, 0.3) is 0 Å². The molecule has 1 aliphatic heterocycles. The van der Waals surface area contributed by atoms with Crippen LogP contribution < -0.4 is 14.4 Å². The number of nitrogens with one attached hydrogen (secondary N) is 1. The van der Waals surface area contributed by atoms with Gasteiger partial charge in [0.1, 0.15) is 10.6 Å². The van der Waals surface area contributed by atoms with E-state index < -0.39 is 21.8 Å². The van der Waals surface area contributed by atoms with Gasteiger partial charge in [-0.15, -0.1) is 0 Å². The first-order chi connectivity index (χ1) is 15.4. The number of alkyl halides is 3. The number of carbonyl (C=O) groups is 1. The molecule has 0 atom stereocenters. The Labute approximate surface area is 191 Å². The highest BCUT2D eigenvalue weighted by Gasteiger charge is 2.31. The van der Waals surface area contributed by atoms with Gasteiger partial charge >= 0.3 is 6.18 Å². The van der Waals surface area contributed by atoms with Crippen molar-refractivity contribution in [1.29, 1.82) is 0 Å².